The van der Waals surface area contributed by atoms with Crippen molar-refractivity contribution in [1.29, 1.82) is 0 Å². The van der Waals surface area contributed by atoms with Gasteiger partial charge in [0.1, 0.15) is 0 Å². The maximum Gasteiger partial charge on any atom is 0.234 e. The molecule has 1 amide bonds. The van der Waals surface area contributed by atoms with E-state index in [4.69, 9.17) is 0 Å². The van der Waals surface area contributed by atoms with Gasteiger partial charge in [0.2, 0.25) is 5.91 Å². The molecule has 0 radical (unpaired) electrons. The van der Waals surface area contributed by atoms with Gasteiger partial charge in [0.25, 0.3) is 0 Å². The van der Waals surface area contributed by atoms with E-state index in [9.17, 15) is 13.2 Å². The van der Waals surface area contributed by atoms with Gasteiger partial charge in [0.15, 0.2) is 9.84 Å². The van der Waals surface area contributed by atoms with Crippen molar-refractivity contribution < 1.29 is 13.2 Å². The van der Waals surface area contributed by atoms with Crippen molar-refractivity contribution in [1.82, 2.24) is 15.5 Å². The van der Waals surface area contributed by atoms with Crippen LogP contribution in [0.25, 0.3) is 0 Å². The number of rotatable bonds is 5. The van der Waals surface area contributed by atoms with Gasteiger partial charge in [-0.2, -0.15) is 0 Å². The molecular formula is C13H25N3O3S. The maximum absolute atomic E-state index is 12.0. The van der Waals surface area contributed by atoms with Crippen molar-refractivity contribution in [2.45, 2.75) is 37.8 Å². The van der Waals surface area contributed by atoms with Gasteiger partial charge in [0.05, 0.1) is 23.6 Å². The van der Waals surface area contributed by atoms with Crippen molar-refractivity contribution in [2.75, 3.05) is 38.2 Å². The van der Waals surface area contributed by atoms with E-state index in [0.29, 0.717) is 19.0 Å². The summed E-state index contributed by atoms with van der Waals surface area (Å²) in [6, 6.07) is 0.468. The van der Waals surface area contributed by atoms with Gasteiger partial charge < -0.3 is 10.6 Å². The van der Waals surface area contributed by atoms with Gasteiger partial charge in [-0.15, -0.1) is 0 Å². The second-order valence-corrected chi connectivity index (χ2v) is 8.62. The summed E-state index contributed by atoms with van der Waals surface area (Å²) in [5, 5.41) is 6.29. The van der Waals surface area contributed by atoms with Crippen LogP contribution in [-0.2, 0) is 14.6 Å². The number of carbonyl (C=O) groups excluding carboxylic acids is 1. The van der Waals surface area contributed by atoms with Crippen LogP contribution in [0.4, 0.5) is 0 Å². The van der Waals surface area contributed by atoms with Gasteiger partial charge in [-0.1, -0.05) is 0 Å². The van der Waals surface area contributed by atoms with Crippen LogP contribution in [0.5, 0.6) is 0 Å². The van der Waals surface area contributed by atoms with Crippen LogP contribution in [0, 0.1) is 0 Å². The van der Waals surface area contributed by atoms with Crippen LogP contribution in [0.3, 0.4) is 0 Å². The van der Waals surface area contributed by atoms with Crippen LogP contribution in [0.2, 0.25) is 0 Å². The smallest absolute Gasteiger partial charge is 0.234 e. The first-order valence-electron chi connectivity index (χ1n) is 7.21. The predicted molar refractivity (Wildman–Crippen MR) is 78.3 cm³/mol. The highest BCUT2D eigenvalue weighted by atomic mass is 32.2. The minimum Gasteiger partial charge on any atom is -0.349 e. The van der Waals surface area contributed by atoms with Crippen LogP contribution in [0.1, 0.15) is 26.2 Å². The molecular weight excluding hydrogens is 278 g/mol. The molecule has 0 aliphatic carbocycles. The number of amides is 1. The highest BCUT2D eigenvalue weighted by molar-refractivity contribution is 7.91. The second-order valence-electron chi connectivity index (χ2n) is 6.44. The van der Waals surface area contributed by atoms with Crippen molar-refractivity contribution in [2.24, 2.45) is 0 Å². The summed E-state index contributed by atoms with van der Waals surface area (Å²) in [6.07, 6.45) is 2.86. The van der Waals surface area contributed by atoms with Crippen molar-refractivity contribution >= 4 is 15.7 Å². The van der Waals surface area contributed by atoms with Crippen molar-refractivity contribution in [3.8, 4) is 0 Å². The lowest BCUT2D eigenvalue weighted by Crippen LogP contribution is -2.50. The van der Waals surface area contributed by atoms with Crippen molar-refractivity contribution in [3.63, 3.8) is 0 Å². The molecule has 2 atom stereocenters. The van der Waals surface area contributed by atoms with E-state index in [-0.39, 0.29) is 17.4 Å². The van der Waals surface area contributed by atoms with Gasteiger partial charge >= 0.3 is 0 Å². The molecule has 7 heteroatoms. The Balaban J connectivity index is 1.77. The molecule has 2 saturated heterocycles. The SMILES string of the molecule is CN(CC(=O)NC1(C)CCS(=O)(=O)C1)CC1CCCN1. The molecule has 2 heterocycles. The Morgan fingerprint density at radius 1 is 1.50 bits per heavy atom. The fourth-order valence-corrected chi connectivity index (χ4v) is 5.18. The second kappa shape index (κ2) is 5.99. The standard InChI is InChI=1S/C13H25N3O3S/c1-13(5-7-20(18,19)10-13)15-12(17)9-16(2)8-11-4-3-6-14-11/h11,14H,3-10H2,1-2H3,(H,15,17). The van der Waals surface area contributed by atoms with Crippen LogP contribution in [0.15, 0.2) is 0 Å². The molecule has 6 nitrogen and oxygen atoms in total. The summed E-state index contributed by atoms with van der Waals surface area (Å²) < 4.78 is 23.0. The van der Waals surface area contributed by atoms with E-state index in [2.05, 4.69) is 10.6 Å². The first-order valence-corrected chi connectivity index (χ1v) is 9.04. The number of hydrogen-bond acceptors (Lipinski definition) is 5. The molecule has 0 spiro atoms. The molecule has 2 fully saturated rings. The number of sulfone groups is 1. The summed E-state index contributed by atoms with van der Waals surface area (Å²) in [4.78, 5) is 14.0. The highest BCUT2D eigenvalue weighted by Crippen LogP contribution is 2.22. The molecule has 2 aliphatic rings. The topological polar surface area (TPSA) is 78.5 Å². The Hall–Kier alpha value is -0.660. The van der Waals surface area contributed by atoms with E-state index in [1.54, 1.807) is 0 Å². The summed E-state index contributed by atoms with van der Waals surface area (Å²) >= 11 is 0. The molecule has 116 valence electrons. The third kappa shape index (κ3) is 4.43. The predicted octanol–water partition coefficient (Wildman–Crippen LogP) is -0.636. The van der Waals surface area contributed by atoms with Gasteiger partial charge in [0, 0.05) is 12.6 Å². The molecule has 0 aromatic rings. The average molecular weight is 303 g/mol. The average Bonchev–Trinajstić information content (AvgIpc) is 2.86. The highest BCUT2D eigenvalue weighted by Gasteiger charge is 2.39. The van der Waals surface area contributed by atoms with Crippen LogP contribution < -0.4 is 10.6 Å². The third-order valence-electron chi connectivity index (χ3n) is 4.05. The zero-order chi connectivity index (χ0) is 14.8. The van der Waals surface area contributed by atoms with E-state index < -0.39 is 15.4 Å². The molecule has 0 aromatic carbocycles. The molecule has 0 bridgehead atoms. The first-order chi connectivity index (χ1) is 9.28. The first kappa shape index (κ1) is 15.7. The number of likely N-dealkylation sites (N-methyl/N-ethyl adjacent to an activating group) is 1. The van der Waals surface area contributed by atoms with Gasteiger partial charge in [-0.3, -0.25) is 9.69 Å². The quantitative estimate of drug-likeness (QED) is 0.707. The fourth-order valence-electron chi connectivity index (χ4n) is 3.08. The zero-order valence-electron chi connectivity index (χ0n) is 12.3. The molecule has 0 aromatic heterocycles. The third-order valence-corrected chi connectivity index (χ3v) is 5.96. The monoisotopic (exact) mass is 303 g/mol. The number of nitrogens with zero attached hydrogens (tertiary/aromatic N) is 1. The lowest BCUT2D eigenvalue weighted by molar-refractivity contribution is -0.123. The molecule has 2 N–H and O–H groups in total. The van der Waals surface area contributed by atoms with E-state index in [1.165, 1.54) is 6.42 Å². The van der Waals surface area contributed by atoms with E-state index in [0.717, 1.165) is 19.5 Å². The van der Waals surface area contributed by atoms with Crippen molar-refractivity contribution in [3.05, 3.63) is 0 Å². The molecule has 2 aliphatic heterocycles. The summed E-state index contributed by atoms with van der Waals surface area (Å²) in [6.45, 7) is 4.03. The summed E-state index contributed by atoms with van der Waals surface area (Å²) in [5.41, 5.74) is -0.595. The van der Waals surface area contributed by atoms with E-state index in [1.807, 2.05) is 18.9 Å². The maximum atomic E-state index is 12.0. The molecule has 2 unspecified atom stereocenters. The van der Waals surface area contributed by atoms with Gasteiger partial charge in [-0.05, 0) is 39.8 Å². The number of carbonyl (C=O) groups is 1. The Labute approximate surface area is 121 Å². The lowest BCUT2D eigenvalue weighted by Gasteiger charge is -2.26. The normalized spacial score (nSPS) is 32.6. The number of nitrogens with one attached hydrogen (secondary N) is 2. The minimum absolute atomic E-state index is 0.0552. The summed E-state index contributed by atoms with van der Waals surface area (Å²) in [5.74, 6) is 0.135. The zero-order valence-corrected chi connectivity index (χ0v) is 13.1. The summed E-state index contributed by atoms with van der Waals surface area (Å²) in [7, 11) is -1.06. The Bertz CT molecular complexity index is 459. The van der Waals surface area contributed by atoms with E-state index >= 15 is 0 Å². The largest absolute Gasteiger partial charge is 0.349 e. The van der Waals surface area contributed by atoms with Gasteiger partial charge in [-0.25, -0.2) is 8.42 Å². The molecule has 20 heavy (non-hydrogen) atoms. The van der Waals surface area contributed by atoms with Crippen LogP contribution >= 0.6 is 0 Å². The number of hydrogen-bond donors (Lipinski definition) is 2. The molecule has 0 saturated carbocycles. The molecule has 2 rings (SSSR count). The Kier molecular flexibility index (Phi) is 4.71. The lowest BCUT2D eigenvalue weighted by atomic mass is 10.0. The Morgan fingerprint density at radius 3 is 2.80 bits per heavy atom. The Morgan fingerprint density at radius 2 is 2.25 bits per heavy atom. The van der Waals surface area contributed by atoms with Crippen LogP contribution in [-0.4, -0.2) is 69.0 Å². The fraction of sp³-hybridized carbons (Fsp3) is 0.923. The minimum atomic E-state index is -2.98.